The lowest BCUT2D eigenvalue weighted by molar-refractivity contribution is -0.167. The number of esters is 1. The van der Waals surface area contributed by atoms with Crippen molar-refractivity contribution in [2.75, 3.05) is 33.4 Å². The molecule has 1 unspecified atom stereocenters. The summed E-state index contributed by atoms with van der Waals surface area (Å²) in [4.78, 5) is 23.3. The number of carbonyl (C=O) groups is 2. The van der Waals surface area contributed by atoms with Crippen LogP contribution in [-0.2, 0) is 25.5 Å². The van der Waals surface area contributed by atoms with Gasteiger partial charge in [0.15, 0.2) is 0 Å². The molecule has 2 aromatic rings. The molecule has 0 saturated carbocycles. The van der Waals surface area contributed by atoms with E-state index in [1.54, 1.807) is 18.3 Å². The highest BCUT2D eigenvalue weighted by Crippen LogP contribution is 2.21. The molecule has 2 rings (SSSR count). The Labute approximate surface area is 151 Å². The minimum absolute atomic E-state index is 0.456. The Bertz CT molecular complexity index is 714. The summed E-state index contributed by atoms with van der Waals surface area (Å²) >= 11 is 1.74. The Morgan fingerprint density at radius 3 is 2.84 bits per heavy atom. The van der Waals surface area contributed by atoms with Crippen molar-refractivity contribution in [1.29, 1.82) is 0 Å². The largest absolute Gasteiger partial charge is 0.473 e. The molecule has 0 saturated heterocycles. The molecule has 25 heavy (non-hydrogen) atoms. The second kappa shape index (κ2) is 9.50. The Kier molecular flexibility index (Phi) is 7.36. The predicted molar refractivity (Wildman–Crippen MR) is 97.0 cm³/mol. The van der Waals surface area contributed by atoms with Crippen molar-refractivity contribution in [3.8, 4) is 0 Å². The van der Waals surface area contributed by atoms with E-state index < -0.39 is 18.0 Å². The van der Waals surface area contributed by atoms with Gasteiger partial charge in [-0.25, -0.2) is 9.59 Å². The summed E-state index contributed by atoms with van der Waals surface area (Å²) in [5.74, 6) is -2.79. The highest BCUT2D eigenvalue weighted by atomic mass is 32.1. The number of aliphatic carboxylic acids is 1. The molecule has 0 aliphatic carbocycles. The number of ether oxygens (including phenoxy) is 2. The van der Waals surface area contributed by atoms with Crippen LogP contribution in [-0.4, -0.2) is 61.4 Å². The van der Waals surface area contributed by atoms with Crippen LogP contribution in [0.15, 0.2) is 29.6 Å². The molecule has 136 valence electrons. The molecule has 7 heteroatoms. The maximum absolute atomic E-state index is 11.0. The number of carbonyl (C=O) groups excluding carboxylic acids is 1. The van der Waals surface area contributed by atoms with Gasteiger partial charge in [-0.05, 0) is 48.9 Å². The van der Waals surface area contributed by atoms with E-state index in [-0.39, 0.29) is 0 Å². The van der Waals surface area contributed by atoms with E-state index in [0.29, 0.717) is 26.3 Å². The zero-order valence-corrected chi connectivity index (χ0v) is 15.3. The molecule has 1 heterocycles. The van der Waals surface area contributed by atoms with Gasteiger partial charge >= 0.3 is 11.9 Å². The number of thiophene rings is 1. The number of carboxylic acids is 1. The van der Waals surface area contributed by atoms with E-state index in [4.69, 9.17) is 14.6 Å². The van der Waals surface area contributed by atoms with Crippen LogP contribution in [0.4, 0.5) is 0 Å². The summed E-state index contributed by atoms with van der Waals surface area (Å²) in [6.07, 6.45) is 0.383. The van der Waals surface area contributed by atoms with Gasteiger partial charge in [-0.15, -0.1) is 11.3 Å². The number of likely N-dealkylation sites (N-methyl/N-ethyl adjacent to an activating group) is 1. The number of hydrogen-bond donors (Lipinski definition) is 1. The summed E-state index contributed by atoms with van der Waals surface area (Å²) in [7, 11) is 1.87. The van der Waals surface area contributed by atoms with Gasteiger partial charge in [-0.2, -0.15) is 0 Å². The number of benzene rings is 1. The van der Waals surface area contributed by atoms with Crippen LogP contribution in [0.1, 0.15) is 12.5 Å². The molecule has 0 amide bonds. The Balaban J connectivity index is 1.60. The first-order chi connectivity index (χ1) is 12.0. The van der Waals surface area contributed by atoms with Gasteiger partial charge in [0.1, 0.15) is 6.10 Å². The smallest absolute Gasteiger partial charge is 0.417 e. The summed E-state index contributed by atoms with van der Waals surface area (Å²) in [5.41, 5.74) is 1.26. The van der Waals surface area contributed by atoms with Crippen molar-refractivity contribution < 1.29 is 24.2 Å². The molecule has 0 aliphatic heterocycles. The maximum Gasteiger partial charge on any atom is 0.417 e. The minimum atomic E-state index is -1.57. The first-order valence-corrected chi connectivity index (χ1v) is 9.00. The average Bonchev–Trinajstić information content (AvgIpc) is 3.01. The number of nitrogens with zero attached hydrogens (tertiary/aromatic N) is 1. The summed E-state index contributed by atoms with van der Waals surface area (Å²) < 4.78 is 11.7. The molecule has 0 radical (unpaired) electrons. The zero-order valence-electron chi connectivity index (χ0n) is 14.4. The molecule has 1 aromatic heterocycles. The summed E-state index contributed by atoms with van der Waals surface area (Å²) in [6.45, 7) is 4.01. The average molecular weight is 365 g/mol. The van der Waals surface area contributed by atoms with Gasteiger partial charge in [0, 0.05) is 17.8 Å². The Morgan fingerprint density at radius 1 is 1.28 bits per heavy atom. The highest BCUT2D eigenvalue weighted by molar-refractivity contribution is 7.17. The van der Waals surface area contributed by atoms with Crippen molar-refractivity contribution in [2.24, 2.45) is 0 Å². The SMILES string of the molecule is CC(CN(C)CCOCCc1ccc2sccc2c1)OC(=O)C(=O)O. The van der Waals surface area contributed by atoms with Crippen LogP contribution in [0.3, 0.4) is 0 Å². The number of rotatable bonds is 9. The van der Waals surface area contributed by atoms with Crippen molar-refractivity contribution in [3.63, 3.8) is 0 Å². The van der Waals surface area contributed by atoms with Crippen molar-refractivity contribution in [3.05, 3.63) is 35.2 Å². The monoisotopic (exact) mass is 365 g/mol. The van der Waals surface area contributed by atoms with Crippen molar-refractivity contribution in [2.45, 2.75) is 19.4 Å². The standard InChI is InChI=1S/C18H23NO5S/c1-13(24-18(22)17(20)21)12-19(2)7-9-23-8-5-14-3-4-16-15(11-14)6-10-25-16/h3-4,6,10-11,13H,5,7-9,12H2,1-2H3,(H,20,21). The first-order valence-electron chi connectivity index (χ1n) is 8.12. The fourth-order valence-electron chi connectivity index (χ4n) is 2.48. The maximum atomic E-state index is 11.0. The summed E-state index contributed by atoms with van der Waals surface area (Å²) in [6, 6.07) is 8.59. The van der Waals surface area contributed by atoms with Gasteiger partial charge in [0.25, 0.3) is 0 Å². The Hall–Kier alpha value is -1.96. The van der Waals surface area contributed by atoms with Crippen molar-refractivity contribution in [1.82, 2.24) is 4.90 Å². The van der Waals surface area contributed by atoms with Gasteiger partial charge in [-0.3, -0.25) is 0 Å². The summed E-state index contributed by atoms with van der Waals surface area (Å²) in [5, 5.41) is 11.9. The third-order valence-corrected chi connectivity index (χ3v) is 4.62. The number of carboxylic acid groups (broad SMARTS) is 1. The minimum Gasteiger partial charge on any atom is -0.473 e. The van der Waals surface area contributed by atoms with Gasteiger partial charge < -0.3 is 19.5 Å². The molecule has 1 atom stereocenters. The van der Waals surface area contributed by atoms with Crippen LogP contribution in [0.25, 0.3) is 10.1 Å². The zero-order chi connectivity index (χ0) is 18.2. The van der Waals surface area contributed by atoms with Crippen LogP contribution in [0, 0.1) is 0 Å². The second-order valence-corrected chi connectivity index (χ2v) is 6.89. The quantitative estimate of drug-likeness (QED) is 0.418. The van der Waals surface area contributed by atoms with Crippen LogP contribution < -0.4 is 0 Å². The van der Waals surface area contributed by atoms with E-state index in [1.165, 1.54) is 15.6 Å². The van der Waals surface area contributed by atoms with Crippen LogP contribution in [0.5, 0.6) is 0 Å². The van der Waals surface area contributed by atoms with E-state index in [0.717, 1.165) is 6.42 Å². The number of fused-ring (bicyclic) bond motifs is 1. The van der Waals surface area contributed by atoms with Gasteiger partial charge in [0.2, 0.25) is 0 Å². The van der Waals surface area contributed by atoms with Crippen LogP contribution in [0.2, 0.25) is 0 Å². The topological polar surface area (TPSA) is 76.1 Å². The van der Waals surface area contributed by atoms with Crippen LogP contribution >= 0.6 is 11.3 Å². The van der Waals surface area contributed by atoms with E-state index in [2.05, 4.69) is 29.6 Å². The van der Waals surface area contributed by atoms with Crippen molar-refractivity contribution >= 4 is 33.4 Å². The van der Waals surface area contributed by atoms with E-state index in [1.807, 2.05) is 11.9 Å². The molecule has 1 aromatic carbocycles. The lowest BCUT2D eigenvalue weighted by Gasteiger charge is -2.20. The van der Waals surface area contributed by atoms with Gasteiger partial charge in [-0.1, -0.05) is 12.1 Å². The second-order valence-electron chi connectivity index (χ2n) is 5.94. The first kappa shape index (κ1) is 19.4. The van der Waals surface area contributed by atoms with E-state index in [9.17, 15) is 9.59 Å². The molecular weight excluding hydrogens is 342 g/mol. The lowest BCUT2D eigenvalue weighted by Crippen LogP contribution is -2.34. The molecular formula is C18H23NO5S. The fraction of sp³-hybridized carbons (Fsp3) is 0.444. The Morgan fingerprint density at radius 2 is 2.08 bits per heavy atom. The predicted octanol–water partition coefficient (Wildman–Crippen LogP) is 2.41. The highest BCUT2D eigenvalue weighted by Gasteiger charge is 2.17. The van der Waals surface area contributed by atoms with Gasteiger partial charge in [0.05, 0.1) is 13.2 Å². The number of hydrogen-bond acceptors (Lipinski definition) is 6. The molecule has 0 bridgehead atoms. The fourth-order valence-corrected chi connectivity index (χ4v) is 3.26. The third kappa shape index (κ3) is 6.45. The van der Waals surface area contributed by atoms with E-state index >= 15 is 0 Å². The molecule has 6 nitrogen and oxygen atoms in total. The third-order valence-electron chi connectivity index (χ3n) is 3.72. The molecule has 0 spiro atoms. The molecule has 0 fully saturated rings. The normalized spacial score (nSPS) is 12.4. The molecule has 1 N–H and O–H groups in total. The molecule has 0 aliphatic rings. The lowest BCUT2D eigenvalue weighted by atomic mass is 10.1.